The number of aromatic nitrogens is 1. The van der Waals surface area contributed by atoms with Gasteiger partial charge in [0.25, 0.3) is 0 Å². The molecular formula is C13H14F3N3. The Balaban J connectivity index is 3.02. The van der Waals surface area contributed by atoms with Gasteiger partial charge in [-0.1, -0.05) is 13.8 Å². The molecule has 0 unspecified atom stereocenters. The molecule has 2 aromatic rings. The van der Waals surface area contributed by atoms with Gasteiger partial charge in [0.2, 0.25) is 0 Å². The Hall–Kier alpha value is -1.82. The Labute approximate surface area is 108 Å². The maximum atomic E-state index is 13.9. The lowest BCUT2D eigenvalue weighted by Crippen LogP contribution is -2.14. The van der Waals surface area contributed by atoms with E-state index in [1.807, 2.05) is 13.8 Å². The molecule has 0 aliphatic heterocycles. The van der Waals surface area contributed by atoms with Gasteiger partial charge < -0.3 is 5.43 Å². The van der Waals surface area contributed by atoms with Gasteiger partial charge in [0.1, 0.15) is 11.3 Å². The third-order valence-corrected chi connectivity index (χ3v) is 3.06. The molecule has 0 atom stereocenters. The highest BCUT2D eigenvalue weighted by Gasteiger charge is 2.22. The molecule has 0 saturated heterocycles. The summed E-state index contributed by atoms with van der Waals surface area (Å²) >= 11 is 0. The number of rotatable bonds is 2. The van der Waals surface area contributed by atoms with Gasteiger partial charge in [-0.15, -0.1) is 0 Å². The number of hydrogen-bond donors (Lipinski definition) is 2. The molecule has 0 saturated carbocycles. The molecule has 0 spiro atoms. The monoisotopic (exact) mass is 269 g/mol. The van der Waals surface area contributed by atoms with Crippen LogP contribution in [0.25, 0.3) is 10.9 Å². The predicted molar refractivity (Wildman–Crippen MR) is 68.3 cm³/mol. The summed E-state index contributed by atoms with van der Waals surface area (Å²) in [6, 6.07) is 0.500. The first-order valence-electron chi connectivity index (χ1n) is 5.82. The van der Waals surface area contributed by atoms with Crippen molar-refractivity contribution in [2.75, 3.05) is 5.43 Å². The summed E-state index contributed by atoms with van der Waals surface area (Å²) < 4.78 is 40.9. The molecule has 0 aliphatic carbocycles. The van der Waals surface area contributed by atoms with Crippen LogP contribution < -0.4 is 11.3 Å². The van der Waals surface area contributed by atoms with E-state index < -0.39 is 17.5 Å². The van der Waals surface area contributed by atoms with E-state index in [1.165, 1.54) is 0 Å². The first-order chi connectivity index (χ1) is 8.88. The van der Waals surface area contributed by atoms with Gasteiger partial charge in [0, 0.05) is 17.3 Å². The first kappa shape index (κ1) is 13.6. The van der Waals surface area contributed by atoms with Crippen LogP contribution in [0, 0.1) is 24.4 Å². The number of fused-ring (bicyclic) bond motifs is 1. The number of benzene rings is 1. The van der Waals surface area contributed by atoms with Gasteiger partial charge in [0.05, 0.1) is 11.1 Å². The molecular weight excluding hydrogens is 255 g/mol. The molecule has 3 nitrogen and oxygen atoms in total. The van der Waals surface area contributed by atoms with Crippen molar-refractivity contribution in [3.05, 3.63) is 34.8 Å². The van der Waals surface area contributed by atoms with E-state index >= 15 is 0 Å². The van der Waals surface area contributed by atoms with Crippen LogP contribution in [-0.4, -0.2) is 4.98 Å². The molecule has 19 heavy (non-hydrogen) atoms. The number of anilines is 1. The highest BCUT2D eigenvalue weighted by molar-refractivity contribution is 5.94. The predicted octanol–water partition coefficient (Wildman–Crippen LogP) is 3.37. The lowest BCUT2D eigenvalue weighted by molar-refractivity contribution is 0.504. The largest absolute Gasteiger partial charge is 0.323 e. The SMILES string of the molecule is Cc1nc2c(F)c(F)cc(F)c2c(NN)c1C(C)C. The fourth-order valence-corrected chi connectivity index (χ4v) is 2.33. The van der Waals surface area contributed by atoms with Gasteiger partial charge >= 0.3 is 0 Å². The Morgan fingerprint density at radius 3 is 2.37 bits per heavy atom. The minimum atomic E-state index is -1.27. The molecule has 1 aromatic carbocycles. The summed E-state index contributed by atoms with van der Waals surface area (Å²) in [7, 11) is 0. The zero-order valence-corrected chi connectivity index (χ0v) is 10.8. The molecule has 102 valence electrons. The van der Waals surface area contributed by atoms with Crippen LogP contribution in [0.3, 0.4) is 0 Å². The van der Waals surface area contributed by atoms with Crippen LogP contribution in [0.1, 0.15) is 31.0 Å². The molecule has 2 rings (SSSR count). The molecule has 3 N–H and O–H groups in total. The highest BCUT2D eigenvalue weighted by Crippen LogP contribution is 2.35. The van der Waals surface area contributed by atoms with E-state index in [9.17, 15) is 13.2 Å². The zero-order valence-electron chi connectivity index (χ0n) is 10.8. The van der Waals surface area contributed by atoms with Crippen LogP contribution in [0.2, 0.25) is 0 Å². The Morgan fingerprint density at radius 2 is 1.84 bits per heavy atom. The van der Waals surface area contributed by atoms with Gasteiger partial charge in [-0.25, -0.2) is 18.2 Å². The van der Waals surface area contributed by atoms with E-state index in [4.69, 9.17) is 5.84 Å². The highest BCUT2D eigenvalue weighted by atomic mass is 19.2. The fraction of sp³-hybridized carbons (Fsp3) is 0.308. The Morgan fingerprint density at radius 1 is 1.21 bits per heavy atom. The smallest absolute Gasteiger partial charge is 0.185 e. The number of pyridine rings is 1. The van der Waals surface area contributed by atoms with E-state index in [-0.39, 0.29) is 22.5 Å². The van der Waals surface area contributed by atoms with Crippen LogP contribution in [0.4, 0.5) is 18.9 Å². The fourth-order valence-electron chi connectivity index (χ4n) is 2.33. The Kier molecular flexibility index (Phi) is 3.36. The molecule has 1 heterocycles. The topological polar surface area (TPSA) is 50.9 Å². The maximum Gasteiger partial charge on any atom is 0.185 e. The lowest BCUT2D eigenvalue weighted by Gasteiger charge is -2.18. The van der Waals surface area contributed by atoms with Crippen molar-refractivity contribution in [1.29, 1.82) is 0 Å². The first-order valence-corrected chi connectivity index (χ1v) is 5.82. The molecule has 0 radical (unpaired) electrons. The van der Waals surface area contributed by atoms with Crippen molar-refractivity contribution in [2.45, 2.75) is 26.7 Å². The van der Waals surface area contributed by atoms with Gasteiger partial charge in [0.15, 0.2) is 11.6 Å². The third kappa shape index (κ3) is 2.02. The molecule has 1 aromatic heterocycles. The van der Waals surface area contributed by atoms with E-state index in [0.29, 0.717) is 17.3 Å². The number of nitrogens with zero attached hydrogens (tertiary/aromatic N) is 1. The number of nitrogen functional groups attached to an aromatic ring is 1. The zero-order chi connectivity index (χ0) is 14.3. The summed E-state index contributed by atoms with van der Waals surface area (Å²) in [5, 5.41) is -0.129. The number of hydrogen-bond acceptors (Lipinski definition) is 3. The summed E-state index contributed by atoms with van der Waals surface area (Å²) in [4.78, 5) is 3.98. The van der Waals surface area contributed by atoms with Crippen molar-refractivity contribution in [1.82, 2.24) is 4.98 Å². The molecule has 0 fully saturated rings. The van der Waals surface area contributed by atoms with Crippen LogP contribution in [-0.2, 0) is 0 Å². The number of hydrazine groups is 1. The second-order valence-corrected chi connectivity index (χ2v) is 4.66. The number of halogens is 3. The van der Waals surface area contributed by atoms with Gasteiger partial charge in [-0.3, -0.25) is 5.84 Å². The van der Waals surface area contributed by atoms with E-state index in [0.717, 1.165) is 0 Å². The number of nitrogens with one attached hydrogen (secondary N) is 1. The maximum absolute atomic E-state index is 13.9. The minimum absolute atomic E-state index is 0.00969. The van der Waals surface area contributed by atoms with Gasteiger partial charge in [-0.05, 0) is 12.8 Å². The van der Waals surface area contributed by atoms with Crippen LogP contribution >= 0.6 is 0 Å². The van der Waals surface area contributed by atoms with Crippen LogP contribution in [0.15, 0.2) is 6.07 Å². The number of nitrogens with two attached hydrogens (primary N) is 1. The Bertz CT molecular complexity index is 654. The average Bonchev–Trinajstić information content (AvgIpc) is 2.33. The lowest BCUT2D eigenvalue weighted by atomic mass is 9.96. The van der Waals surface area contributed by atoms with Crippen molar-refractivity contribution in [3.8, 4) is 0 Å². The second kappa shape index (κ2) is 4.70. The minimum Gasteiger partial charge on any atom is -0.323 e. The number of aryl methyl sites for hydroxylation is 1. The van der Waals surface area contributed by atoms with Gasteiger partial charge in [-0.2, -0.15) is 0 Å². The average molecular weight is 269 g/mol. The van der Waals surface area contributed by atoms with Crippen molar-refractivity contribution in [2.24, 2.45) is 5.84 Å². The van der Waals surface area contributed by atoms with Crippen molar-refractivity contribution >= 4 is 16.6 Å². The third-order valence-electron chi connectivity index (χ3n) is 3.06. The van der Waals surface area contributed by atoms with Crippen molar-refractivity contribution in [3.63, 3.8) is 0 Å². The van der Waals surface area contributed by atoms with E-state index in [2.05, 4.69) is 10.4 Å². The van der Waals surface area contributed by atoms with Crippen LogP contribution in [0.5, 0.6) is 0 Å². The summed E-state index contributed by atoms with van der Waals surface area (Å²) in [6.07, 6.45) is 0. The van der Waals surface area contributed by atoms with Crippen molar-refractivity contribution < 1.29 is 13.2 Å². The van der Waals surface area contributed by atoms with E-state index in [1.54, 1.807) is 6.92 Å². The quantitative estimate of drug-likeness (QED) is 0.499. The summed E-state index contributed by atoms with van der Waals surface area (Å²) in [6.45, 7) is 5.42. The standard InChI is InChI=1S/C13H14F3N3/c1-5(2)9-6(3)18-13-10(12(9)19-17)7(14)4-8(15)11(13)16/h4-5H,17H2,1-3H3,(H,18,19). The molecule has 0 bridgehead atoms. The summed E-state index contributed by atoms with van der Waals surface area (Å²) in [5.74, 6) is 2.10. The second-order valence-electron chi connectivity index (χ2n) is 4.66. The molecule has 6 heteroatoms. The summed E-state index contributed by atoms with van der Waals surface area (Å²) in [5.41, 5.74) is 3.44. The molecule has 0 aliphatic rings. The normalized spacial score (nSPS) is 11.4. The molecule has 0 amide bonds.